The molecule has 8 heteroatoms. The number of carbonyl (C=O) groups excluding carboxylic acids is 2. The molecule has 0 saturated carbocycles. The summed E-state index contributed by atoms with van der Waals surface area (Å²) in [7, 11) is 1.50. The van der Waals surface area contributed by atoms with Gasteiger partial charge in [0.05, 0.1) is 24.8 Å². The Balaban J connectivity index is 1.53. The fourth-order valence-corrected chi connectivity index (χ4v) is 4.81. The normalized spacial score (nSPS) is 15.5. The number of fused-ring (bicyclic) bond motifs is 1. The van der Waals surface area contributed by atoms with Gasteiger partial charge in [-0.1, -0.05) is 36.4 Å². The number of para-hydroxylation sites is 1. The molecule has 7 nitrogen and oxygen atoms in total. The van der Waals surface area contributed by atoms with Crippen molar-refractivity contribution >= 4 is 22.7 Å². The summed E-state index contributed by atoms with van der Waals surface area (Å²) in [6.45, 7) is 4.02. The average Bonchev–Trinajstić information content (AvgIpc) is 3.47. The van der Waals surface area contributed by atoms with Crippen molar-refractivity contribution in [2.45, 2.75) is 32.4 Å². The summed E-state index contributed by atoms with van der Waals surface area (Å²) in [5, 5.41) is 11.7. The number of hydrogen-bond donors (Lipinski definition) is 1. The number of hydrogen-bond acceptors (Lipinski definition) is 6. The van der Waals surface area contributed by atoms with Crippen LogP contribution < -0.4 is 9.47 Å². The molecule has 0 bridgehead atoms. The minimum Gasteiger partial charge on any atom is -0.503 e. The van der Waals surface area contributed by atoms with E-state index in [0.29, 0.717) is 34.5 Å². The lowest BCUT2D eigenvalue weighted by Gasteiger charge is -2.27. The highest BCUT2D eigenvalue weighted by molar-refractivity contribution is 6.16. The molecule has 1 atom stereocenters. The van der Waals surface area contributed by atoms with Crippen LogP contribution >= 0.6 is 0 Å². The van der Waals surface area contributed by atoms with E-state index in [2.05, 4.69) is 0 Å². The largest absolute Gasteiger partial charge is 0.503 e. The Morgan fingerprint density at radius 2 is 1.79 bits per heavy atom. The van der Waals surface area contributed by atoms with Gasteiger partial charge in [0.15, 0.2) is 22.9 Å². The summed E-state index contributed by atoms with van der Waals surface area (Å²) >= 11 is 0. The summed E-state index contributed by atoms with van der Waals surface area (Å²) in [6.07, 6.45) is 0.371. The third kappa shape index (κ3) is 5.10. The van der Waals surface area contributed by atoms with Crippen molar-refractivity contribution in [3.63, 3.8) is 0 Å². The molecule has 1 aliphatic rings. The number of halogens is 1. The number of benzene rings is 3. The van der Waals surface area contributed by atoms with Gasteiger partial charge in [-0.05, 0) is 67.8 Å². The Labute approximate surface area is 225 Å². The lowest BCUT2D eigenvalue weighted by atomic mass is 9.94. The van der Waals surface area contributed by atoms with Crippen LogP contribution in [0, 0.1) is 5.82 Å². The van der Waals surface area contributed by atoms with E-state index in [0.717, 1.165) is 5.56 Å². The number of carbonyl (C=O) groups is 2. The SMILES string of the molecule is COc1cccc2cc(C(=O)C3=C(O)C(=O)N(CCc4ccc(F)cc4)C3c3ccc(OC(C)C)cc3)oc12. The van der Waals surface area contributed by atoms with E-state index in [1.165, 1.54) is 24.1 Å². The standard InChI is InChI=1S/C31H28FNO6/c1-18(2)38-23-13-9-20(10-14-23)27-26(28(34)25-17-21-5-4-6-24(37-3)30(21)39-25)29(35)31(36)33(27)16-15-19-7-11-22(32)12-8-19/h4-14,17-18,27,35H,15-16H2,1-3H3. The summed E-state index contributed by atoms with van der Waals surface area (Å²) in [6, 6.07) is 19.1. The fraction of sp³-hybridized carbons (Fsp3) is 0.226. The second kappa shape index (κ2) is 10.6. The van der Waals surface area contributed by atoms with Crippen LogP contribution in [0.2, 0.25) is 0 Å². The molecule has 0 spiro atoms. The highest BCUT2D eigenvalue weighted by Crippen LogP contribution is 2.40. The first-order valence-corrected chi connectivity index (χ1v) is 12.6. The summed E-state index contributed by atoms with van der Waals surface area (Å²) in [5.41, 5.74) is 1.76. The number of nitrogens with zero attached hydrogens (tertiary/aromatic N) is 1. The number of furan rings is 1. The number of aliphatic hydroxyl groups excluding tert-OH is 1. The second-order valence-corrected chi connectivity index (χ2v) is 9.59. The Hall–Kier alpha value is -4.59. The van der Waals surface area contributed by atoms with E-state index in [1.54, 1.807) is 60.7 Å². The monoisotopic (exact) mass is 529 g/mol. The Kier molecular flexibility index (Phi) is 7.11. The number of methoxy groups -OCH3 is 1. The minimum atomic E-state index is -0.867. The number of ether oxygens (including phenoxy) is 2. The molecule has 1 aliphatic heterocycles. The first kappa shape index (κ1) is 26.0. The second-order valence-electron chi connectivity index (χ2n) is 9.59. The molecule has 39 heavy (non-hydrogen) atoms. The van der Waals surface area contributed by atoms with Gasteiger partial charge < -0.3 is 23.9 Å². The molecule has 1 N–H and O–H groups in total. The molecule has 1 amide bonds. The van der Waals surface area contributed by atoms with Crippen LogP contribution in [-0.2, 0) is 11.2 Å². The molecule has 1 aromatic heterocycles. The molecule has 200 valence electrons. The molecule has 0 fully saturated rings. The van der Waals surface area contributed by atoms with Gasteiger partial charge in [-0.25, -0.2) is 4.39 Å². The van der Waals surface area contributed by atoms with Crippen LogP contribution in [-0.4, -0.2) is 41.5 Å². The summed E-state index contributed by atoms with van der Waals surface area (Å²) in [5.74, 6) is -1.16. The molecule has 0 saturated heterocycles. The maximum Gasteiger partial charge on any atom is 0.290 e. The van der Waals surface area contributed by atoms with Gasteiger partial charge in [-0.2, -0.15) is 0 Å². The molecule has 2 heterocycles. The van der Waals surface area contributed by atoms with Gasteiger partial charge in [0.2, 0.25) is 5.78 Å². The van der Waals surface area contributed by atoms with Crippen molar-refractivity contribution in [3.05, 3.63) is 107 Å². The van der Waals surface area contributed by atoms with Crippen LogP contribution in [0.5, 0.6) is 11.5 Å². The van der Waals surface area contributed by atoms with Crippen molar-refractivity contribution in [1.29, 1.82) is 0 Å². The van der Waals surface area contributed by atoms with Crippen LogP contribution in [0.1, 0.15) is 41.6 Å². The van der Waals surface area contributed by atoms with E-state index < -0.39 is 23.5 Å². The predicted molar refractivity (Wildman–Crippen MR) is 144 cm³/mol. The Morgan fingerprint density at radius 1 is 1.08 bits per heavy atom. The number of rotatable bonds is 9. The lowest BCUT2D eigenvalue weighted by Crippen LogP contribution is -2.33. The third-order valence-corrected chi connectivity index (χ3v) is 6.62. The van der Waals surface area contributed by atoms with E-state index >= 15 is 0 Å². The van der Waals surface area contributed by atoms with Crippen molar-refractivity contribution in [1.82, 2.24) is 4.90 Å². The van der Waals surface area contributed by atoms with Gasteiger partial charge in [0, 0.05) is 11.9 Å². The van der Waals surface area contributed by atoms with Crippen molar-refractivity contribution in [2.24, 2.45) is 0 Å². The summed E-state index contributed by atoms with van der Waals surface area (Å²) in [4.78, 5) is 28.6. The van der Waals surface area contributed by atoms with Crippen molar-refractivity contribution in [2.75, 3.05) is 13.7 Å². The molecular weight excluding hydrogens is 501 g/mol. The highest BCUT2D eigenvalue weighted by Gasteiger charge is 2.44. The average molecular weight is 530 g/mol. The van der Waals surface area contributed by atoms with Gasteiger partial charge >= 0.3 is 0 Å². The molecule has 0 radical (unpaired) electrons. The smallest absolute Gasteiger partial charge is 0.290 e. The molecule has 5 rings (SSSR count). The van der Waals surface area contributed by atoms with Gasteiger partial charge in [-0.3, -0.25) is 9.59 Å². The van der Waals surface area contributed by atoms with Crippen molar-refractivity contribution in [3.8, 4) is 11.5 Å². The van der Waals surface area contributed by atoms with Crippen molar-refractivity contribution < 1.29 is 33.0 Å². The Bertz CT molecular complexity index is 1550. The van der Waals surface area contributed by atoms with E-state index in [4.69, 9.17) is 13.9 Å². The van der Waals surface area contributed by atoms with E-state index in [9.17, 15) is 19.1 Å². The highest BCUT2D eigenvalue weighted by atomic mass is 19.1. The zero-order chi connectivity index (χ0) is 27.7. The topological polar surface area (TPSA) is 89.2 Å². The van der Waals surface area contributed by atoms with Gasteiger partial charge in [0.1, 0.15) is 11.6 Å². The number of Topliss-reactive ketones (excluding diaryl/α,β-unsaturated/α-hetero) is 1. The molecule has 3 aromatic carbocycles. The predicted octanol–water partition coefficient (Wildman–Crippen LogP) is 6.19. The number of aliphatic hydroxyl groups is 1. The molecule has 1 unspecified atom stereocenters. The van der Waals surface area contributed by atoms with Crippen LogP contribution in [0.3, 0.4) is 0 Å². The van der Waals surface area contributed by atoms with E-state index in [1.807, 2.05) is 13.8 Å². The first-order chi connectivity index (χ1) is 18.8. The third-order valence-electron chi connectivity index (χ3n) is 6.62. The number of amides is 1. The van der Waals surface area contributed by atoms with Crippen LogP contribution in [0.15, 0.2) is 88.5 Å². The molecule has 4 aromatic rings. The van der Waals surface area contributed by atoms with Crippen LogP contribution in [0.4, 0.5) is 4.39 Å². The van der Waals surface area contributed by atoms with Crippen LogP contribution in [0.25, 0.3) is 11.0 Å². The molecule has 0 aliphatic carbocycles. The van der Waals surface area contributed by atoms with Gasteiger partial charge in [0.25, 0.3) is 5.91 Å². The fourth-order valence-electron chi connectivity index (χ4n) is 4.81. The zero-order valence-corrected chi connectivity index (χ0v) is 21.8. The minimum absolute atomic E-state index is 0.0194. The quantitative estimate of drug-likeness (QED) is 0.260. The lowest BCUT2D eigenvalue weighted by molar-refractivity contribution is -0.129. The van der Waals surface area contributed by atoms with Gasteiger partial charge in [-0.15, -0.1) is 0 Å². The zero-order valence-electron chi connectivity index (χ0n) is 21.8. The maximum atomic E-state index is 13.8. The first-order valence-electron chi connectivity index (χ1n) is 12.6. The molecular formula is C31H28FNO6. The Morgan fingerprint density at radius 3 is 2.46 bits per heavy atom. The summed E-state index contributed by atoms with van der Waals surface area (Å²) < 4.78 is 30.4. The number of ketones is 1. The van der Waals surface area contributed by atoms with E-state index in [-0.39, 0.29) is 29.8 Å². The maximum absolute atomic E-state index is 13.8.